The van der Waals surface area contributed by atoms with Crippen LogP contribution in [0.2, 0.25) is 5.02 Å². The minimum Gasteiger partial charge on any atom is -0.393 e. The molecule has 18 heavy (non-hydrogen) atoms. The molecule has 5 heteroatoms. The molecule has 2 rings (SSSR count). The van der Waals surface area contributed by atoms with E-state index in [4.69, 9.17) is 11.6 Å². The molecule has 1 saturated carbocycles. The van der Waals surface area contributed by atoms with Gasteiger partial charge in [0, 0.05) is 10.5 Å². The van der Waals surface area contributed by atoms with Gasteiger partial charge in [-0.15, -0.1) is 0 Å². The first-order valence-electron chi connectivity index (χ1n) is 6.01. The molecule has 0 spiro atoms. The lowest BCUT2D eigenvalue weighted by Crippen LogP contribution is -2.39. The maximum absolute atomic E-state index is 12.1. The third-order valence-electron chi connectivity index (χ3n) is 3.18. The zero-order chi connectivity index (χ0) is 13.1. The molecule has 0 aromatic heterocycles. The van der Waals surface area contributed by atoms with Crippen LogP contribution in [0.25, 0.3) is 0 Å². The number of aliphatic hydroxyl groups is 1. The number of hydrogen-bond donors (Lipinski definition) is 2. The highest BCUT2D eigenvalue weighted by atomic mass is 79.9. The van der Waals surface area contributed by atoms with Gasteiger partial charge in [-0.2, -0.15) is 0 Å². The summed E-state index contributed by atoms with van der Waals surface area (Å²) in [5.41, 5.74) is 0.464. The molecule has 1 aromatic rings. The van der Waals surface area contributed by atoms with E-state index in [-0.39, 0.29) is 18.1 Å². The van der Waals surface area contributed by atoms with E-state index in [1.807, 2.05) is 0 Å². The summed E-state index contributed by atoms with van der Waals surface area (Å²) in [5, 5.41) is 12.9. The highest BCUT2D eigenvalue weighted by Gasteiger charge is 2.23. The topological polar surface area (TPSA) is 49.3 Å². The zero-order valence-electron chi connectivity index (χ0n) is 9.83. The number of halogens is 2. The fraction of sp³-hybridized carbons (Fsp3) is 0.462. The van der Waals surface area contributed by atoms with Crippen LogP contribution in [0.4, 0.5) is 0 Å². The molecule has 0 bridgehead atoms. The molecule has 1 amide bonds. The molecule has 2 N–H and O–H groups in total. The van der Waals surface area contributed by atoms with Crippen molar-refractivity contribution in [3.63, 3.8) is 0 Å². The van der Waals surface area contributed by atoms with Gasteiger partial charge in [0.25, 0.3) is 5.91 Å². The Kier molecular flexibility index (Phi) is 4.65. The van der Waals surface area contributed by atoms with Crippen LogP contribution in [-0.2, 0) is 0 Å². The van der Waals surface area contributed by atoms with E-state index < -0.39 is 0 Å². The van der Waals surface area contributed by atoms with E-state index in [2.05, 4.69) is 21.2 Å². The van der Waals surface area contributed by atoms with Crippen molar-refractivity contribution in [3.8, 4) is 0 Å². The van der Waals surface area contributed by atoms with Crippen molar-refractivity contribution in [3.05, 3.63) is 33.3 Å². The summed E-state index contributed by atoms with van der Waals surface area (Å²) in [6.45, 7) is 0. The number of nitrogens with one attached hydrogen (secondary N) is 1. The number of rotatable bonds is 2. The number of carbonyl (C=O) groups is 1. The highest BCUT2D eigenvalue weighted by molar-refractivity contribution is 9.10. The molecule has 1 aromatic carbocycles. The SMILES string of the molecule is O=C(NC1CCCC(O)C1)c1cccc(Br)c1Cl. The Morgan fingerprint density at radius 2 is 2.22 bits per heavy atom. The summed E-state index contributed by atoms with van der Waals surface area (Å²) >= 11 is 9.37. The number of amides is 1. The van der Waals surface area contributed by atoms with Crippen molar-refractivity contribution in [1.82, 2.24) is 5.32 Å². The second-order valence-corrected chi connectivity index (χ2v) is 5.82. The Bertz CT molecular complexity index is 453. The standard InChI is InChI=1S/C13H15BrClNO2/c14-11-6-2-5-10(12(11)15)13(18)16-8-3-1-4-9(17)7-8/h2,5-6,8-9,17H,1,3-4,7H2,(H,16,18). The first-order chi connectivity index (χ1) is 8.58. The summed E-state index contributed by atoms with van der Waals surface area (Å²) in [6, 6.07) is 5.31. The van der Waals surface area contributed by atoms with Crippen LogP contribution in [0.3, 0.4) is 0 Å². The first-order valence-corrected chi connectivity index (χ1v) is 7.18. The van der Waals surface area contributed by atoms with Crippen molar-refractivity contribution < 1.29 is 9.90 Å². The molecule has 2 atom stereocenters. The molecule has 0 radical (unpaired) electrons. The molecular weight excluding hydrogens is 318 g/mol. The summed E-state index contributed by atoms with van der Waals surface area (Å²) in [6.07, 6.45) is 3.00. The molecule has 3 nitrogen and oxygen atoms in total. The van der Waals surface area contributed by atoms with Gasteiger partial charge >= 0.3 is 0 Å². The van der Waals surface area contributed by atoms with Crippen LogP contribution in [0.1, 0.15) is 36.0 Å². The second kappa shape index (κ2) is 6.04. The molecule has 1 fully saturated rings. The largest absolute Gasteiger partial charge is 0.393 e. The summed E-state index contributed by atoms with van der Waals surface area (Å²) in [7, 11) is 0. The highest BCUT2D eigenvalue weighted by Crippen LogP contribution is 2.26. The van der Waals surface area contributed by atoms with Crippen LogP contribution in [0.5, 0.6) is 0 Å². The van der Waals surface area contributed by atoms with Gasteiger partial charge in [0.15, 0.2) is 0 Å². The molecule has 2 unspecified atom stereocenters. The fourth-order valence-corrected chi connectivity index (χ4v) is 2.82. The molecule has 0 heterocycles. The third kappa shape index (κ3) is 3.25. The quantitative estimate of drug-likeness (QED) is 0.874. The van der Waals surface area contributed by atoms with Gasteiger partial charge in [-0.25, -0.2) is 0 Å². The fourth-order valence-electron chi connectivity index (χ4n) is 2.24. The number of benzene rings is 1. The number of hydrogen-bond acceptors (Lipinski definition) is 2. The van der Waals surface area contributed by atoms with Gasteiger partial charge in [0.1, 0.15) is 0 Å². The maximum atomic E-state index is 12.1. The summed E-state index contributed by atoms with van der Waals surface area (Å²) < 4.78 is 0.709. The number of aliphatic hydroxyl groups excluding tert-OH is 1. The molecule has 1 aliphatic carbocycles. The van der Waals surface area contributed by atoms with Crippen molar-refractivity contribution in [2.75, 3.05) is 0 Å². The Labute approximate surface area is 120 Å². The van der Waals surface area contributed by atoms with E-state index in [0.717, 1.165) is 19.3 Å². The average Bonchev–Trinajstić information content (AvgIpc) is 2.32. The van der Waals surface area contributed by atoms with Gasteiger partial charge in [0.05, 0.1) is 16.7 Å². The monoisotopic (exact) mass is 331 g/mol. The molecular formula is C13H15BrClNO2. The van der Waals surface area contributed by atoms with E-state index in [1.165, 1.54) is 0 Å². The van der Waals surface area contributed by atoms with Gasteiger partial charge in [0.2, 0.25) is 0 Å². The number of carbonyl (C=O) groups excluding carboxylic acids is 1. The van der Waals surface area contributed by atoms with Crippen molar-refractivity contribution >= 4 is 33.4 Å². The average molecular weight is 333 g/mol. The smallest absolute Gasteiger partial charge is 0.253 e. The van der Waals surface area contributed by atoms with Crippen molar-refractivity contribution in [2.45, 2.75) is 37.8 Å². The Morgan fingerprint density at radius 3 is 2.94 bits per heavy atom. The summed E-state index contributed by atoms with van der Waals surface area (Å²) in [5.74, 6) is -0.180. The molecule has 1 aliphatic rings. The lowest BCUT2D eigenvalue weighted by molar-refractivity contribution is 0.0850. The van der Waals surface area contributed by atoms with E-state index in [0.29, 0.717) is 21.5 Å². The molecule has 0 saturated heterocycles. The normalized spacial score (nSPS) is 23.7. The van der Waals surface area contributed by atoms with Gasteiger partial charge < -0.3 is 10.4 Å². The van der Waals surface area contributed by atoms with Crippen LogP contribution < -0.4 is 5.32 Å². The first kappa shape index (κ1) is 13.8. The zero-order valence-corrected chi connectivity index (χ0v) is 12.2. The van der Waals surface area contributed by atoms with Crippen LogP contribution in [0, 0.1) is 0 Å². The Balaban J connectivity index is 2.05. The summed E-state index contributed by atoms with van der Waals surface area (Å²) in [4.78, 5) is 12.1. The van der Waals surface area contributed by atoms with Gasteiger partial charge in [-0.05, 0) is 53.7 Å². The minimum absolute atomic E-state index is 0.0382. The molecule has 0 aliphatic heterocycles. The Hall–Kier alpha value is -0.580. The predicted molar refractivity (Wildman–Crippen MR) is 74.9 cm³/mol. The maximum Gasteiger partial charge on any atom is 0.253 e. The molecule has 98 valence electrons. The lowest BCUT2D eigenvalue weighted by Gasteiger charge is -2.26. The van der Waals surface area contributed by atoms with Crippen LogP contribution in [-0.4, -0.2) is 23.2 Å². The van der Waals surface area contributed by atoms with E-state index in [1.54, 1.807) is 18.2 Å². The van der Waals surface area contributed by atoms with Gasteiger partial charge in [-0.3, -0.25) is 4.79 Å². The second-order valence-electron chi connectivity index (χ2n) is 4.59. The van der Waals surface area contributed by atoms with Gasteiger partial charge in [-0.1, -0.05) is 17.7 Å². The van der Waals surface area contributed by atoms with E-state index >= 15 is 0 Å². The third-order valence-corrected chi connectivity index (χ3v) is 4.47. The van der Waals surface area contributed by atoms with Crippen LogP contribution >= 0.6 is 27.5 Å². The van der Waals surface area contributed by atoms with Crippen molar-refractivity contribution in [2.24, 2.45) is 0 Å². The van der Waals surface area contributed by atoms with Crippen molar-refractivity contribution in [1.29, 1.82) is 0 Å². The van der Waals surface area contributed by atoms with E-state index in [9.17, 15) is 9.90 Å². The predicted octanol–water partition coefficient (Wildman–Crippen LogP) is 3.14. The Morgan fingerprint density at radius 1 is 1.44 bits per heavy atom. The minimum atomic E-state index is -0.304. The van der Waals surface area contributed by atoms with Crippen LogP contribution in [0.15, 0.2) is 22.7 Å². The lowest BCUT2D eigenvalue weighted by atomic mass is 9.93.